The van der Waals surface area contributed by atoms with Crippen molar-refractivity contribution in [3.8, 4) is 0 Å². The summed E-state index contributed by atoms with van der Waals surface area (Å²) in [6.07, 6.45) is 18.7. The lowest BCUT2D eigenvalue weighted by molar-refractivity contribution is -0.117. The first-order valence-electron chi connectivity index (χ1n) is 9.16. The van der Waals surface area contributed by atoms with Gasteiger partial charge in [0, 0.05) is 6.42 Å². The maximum Gasteiger partial charge on any atom is 0.129 e. The van der Waals surface area contributed by atoms with Gasteiger partial charge in [-0.3, -0.25) is 0 Å². The Morgan fingerprint density at radius 3 is 1.65 bits per heavy atom. The van der Waals surface area contributed by atoms with Gasteiger partial charge in [0.2, 0.25) is 0 Å². The number of carbonyl (C=O) groups is 1. The number of hydrogen-bond acceptors (Lipinski definition) is 1. The number of ketones is 1. The second kappa shape index (κ2) is 15.1. The van der Waals surface area contributed by atoms with Gasteiger partial charge in [-0.25, -0.2) is 0 Å². The van der Waals surface area contributed by atoms with Crippen molar-refractivity contribution in [3.63, 3.8) is 0 Å². The van der Waals surface area contributed by atoms with Crippen LogP contribution >= 0.6 is 0 Å². The summed E-state index contributed by atoms with van der Waals surface area (Å²) in [5.74, 6) is 1.08. The highest BCUT2D eigenvalue weighted by atomic mass is 16.1. The van der Waals surface area contributed by atoms with Crippen molar-refractivity contribution in [3.05, 3.63) is 0 Å². The lowest BCUT2D eigenvalue weighted by Gasteiger charge is -2.09. The Labute approximate surface area is 127 Å². The van der Waals surface area contributed by atoms with Gasteiger partial charge in [-0.2, -0.15) is 0 Å². The zero-order valence-corrected chi connectivity index (χ0v) is 14.4. The molecule has 0 aromatic rings. The van der Waals surface area contributed by atoms with Gasteiger partial charge in [0.1, 0.15) is 5.78 Å². The molecule has 120 valence electrons. The molecule has 0 rings (SSSR count). The van der Waals surface area contributed by atoms with Crippen LogP contribution < -0.4 is 0 Å². The van der Waals surface area contributed by atoms with Crippen molar-refractivity contribution in [1.29, 1.82) is 0 Å². The van der Waals surface area contributed by atoms with E-state index < -0.39 is 0 Å². The Morgan fingerprint density at radius 2 is 1.20 bits per heavy atom. The van der Waals surface area contributed by atoms with Gasteiger partial charge in [0.15, 0.2) is 0 Å². The number of carbonyl (C=O) groups excluding carboxylic acids is 1. The summed E-state index contributed by atoms with van der Waals surface area (Å²) >= 11 is 0. The minimum Gasteiger partial charge on any atom is -0.300 e. The summed E-state index contributed by atoms with van der Waals surface area (Å²) in [6, 6.07) is 0. The summed E-state index contributed by atoms with van der Waals surface area (Å²) in [5.41, 5.74) is 0. The van der Waals surface area contributed by atoms with E-state index in [0.717, 1.165) is 18.8 Å². The van der Waals surface area contributed by atoms with Crippen molar-refractivity contribution in [2.45, 2.75) is 111 Å². The standard InChI is InChI=1S/C19H38O/c1-4-5-6-7-8-9-10-11-12-13-14-15-18(2)16-17-19(3)20/h18H,4-17H2,1-3H3. The van der Waals surface area contributed by atoms with Crippen molar-refractivity contribution in [1.82, 2.24) is 0 Å². The molecule has 0 aliphatic heterocycles. The van der Waals surface area contributed by atoms with Crippen LogP contribution in [0.5, 0.6) is 0 Å². The third-order valence-electron chi connectivity index (χ3n) is 4.29. The zero-order valence-electron chi connectivity index (χ0n) is 14.4. The van der Waals surface area contributed by atoms with E-state index in [2.05, 4.69) is 13.8 Å². The van der Waals surface area contributed by atoms with Gasteiger partial charge >= 0.3 is 0 Å². The molecule has 0 N–H and O–H groups in total. The number of unbranched alkanes of at least 4 members (excludes halogenated alkanes) is 10. The molecular weight excluding hydrogens is 244 g/mol. The molecule has 0 aromatic heterocycles. The number of hydrogen-bond donors (Lipinski definition) is 0. The Hall–Kier alpha value is -0.330. The van der Waals surface area contributed by atoms with Crippen LogP contribution in [0, 0.1) is 5.92 Å². The smallest absolute Gasteiger partial charge is 0.129 e. The molecule has 0 heterocycles. The van der Waals surface area contributed by atoms with E-state index >= 15 is 0 Å². The van der Waals surface area contributed by atoms with Crippen LogP contribution in [0.3, 0.4) is 0 Å². The fourth-order valence-electron chi connectivity index (χ4n) is 2.75. The minimum absolute atomic E-state index is 0.343. The molecule has 0 aliphatic rings. The summed E-state index contributed by atoms with van der Waals surface area (Å²) in [6.45, 7) is 6.27. The van der Waals surface area contributed by atoms with Crippen LogP contribution in [0.15, 0.2) is 0 Å². The summed E-state index contributed by atoms with van der Waals surface area (Å²) in [7, 11) is 0. The maximum absolute atomic E-state index is 10.9. The molecule has 0 aliphatic carbocycles. The summed E-state index contributed by atoms with van der Waals surface area (Å²) in [5, 5.41) is 0. The molecule has 0 saturated carbocycles. The first kappa shape index (κ1) is 19.7. The quantitative estimate of drug-likeness (QED) is 0.306. The predicted molar refractivity (Wildman–Crippen MR) is 90.2 cm³/mol. The molecule has 0 aromatic carbocycles. The summed E-state index contributed by atoms with van der Waals surface area (Å²) in [4.78, 5) is 10.9. The Morgan fingerprint density at radius 1 is 0.750 bits per heavy atom. The average molecular weight is 283 g/mol. The van der Waals surface area contributed by atoms with Gasteiger partial charge in [0.05, 0.1) is 0 Å². The molecular formula is C19H38O. The minimum atomic E-state index is 0.343. The molecule has 0 amide bonds. The highest BCUT2D eigenvalue weighted by Crippen LogP contribution is 2.17. The molecule has 0 radical (unpaired) electrons. The molecule has 0 spiro atoms. The average Bonchev–Trinajstić information content (AvgIpc) is 2.42. The highest BCUT2D eigenvalue weighted by molar-refractivity contribution is 5.75. The van der Waals surface area contributed by atoms with Gasteiger partial charge in [-0.15, -0.1) is 0 Å². The lowest BCUT2D eigenvalue weighted by Crippen LogP contribution is -1.99. The van der Waals surface area contributed by atoms with Gasteiger partial charge < -0.3 is 4.79 Å². The van der Waals surface area contributed by atoms with Crippen molar-refractivity contribution >= 4 is 5.78 Å². The molecule has 0 bridgehead atoms. The second-order valence-electron chi connectivity index (χ2n) is 6.67. The van der Waals surface area contributed by atoms with Crippen molar-refractivity contribution in [2.75, 3.05) is 0 Å². The highest BCUT2D eigenvalue weighted by Gasteiger charge is 2.03. The van der Waals surface area contributed by atoms with E-state index in [0.29, 0.717) is 5.78 Å². The SMILES string of the molecule is CCCCCCCCCCCCCC(C)CCC(C)=O. The maximum atomic E-state index is 10.9. The van der Waals surface area contributed by atoms with Gasteiger partial charge in [0.25, 0.3) is 0 Å². The second-order valence-corrected chi connectivity index (χ2v) is 6.67. The molecule has 1 heteroatoms. The fraction of sp³-hybridized carbons (Fsp3) is 0.947. The van der Waals surface area contributed by atoms with Crippen LogP contribution in [0.1, 0.15) is 111 Å². The van der Waals surface area contributed by atoms with E-state index in [4.69, 9.17) is 0 Å². The molecule has 1 unspecified atom stereocenters. The summed E-state index contributed by atoms with van der Waals surface area (Å²) < 4.78 is 0. The lowest BCUT2D eigenvalue weighted by atomic mass is 9.96. The monoisotopic (exact) mass is 282 g/mol. The normalized spacial score (nSPS) is 12.6. The van der Waals surface area contributed by atoms with Crippen molar-refractivity contribution in [2.24, 2.45) is 5.92 Å². The Balaban J connectivity index is 3.10. The fourth-order valence-corrected chi connectivity index (χ4v) is 2.75. The number of Topliss-reactive ketones (excluding diaryl/α,β-unsaturated/α-hetero) is 1. The van der Waals surface area contributed by atoms with Crippen LogP contribution in [-0.4, -0.2) is 5.78 Å². The molecule has 1 nitrogen and oxygen atoms in total. The molecule has 1 atom stereocenters. The van der Waals surface area contributed by atoms with Crippen LogP contribution in [0.4, 0.5) is 0 Å². The molecule has 20 heavy (non-hydrogen) atoms. The first-order valence-corrected chi connectivity index (χ1v) is 9.16. The van der Waals surface area contributed by atoms with E-state index in [1.807, 2.05) is 0 Å². The largest absolute Gasteiger partial charge is 0.300 e. The topological polar surface area (TPSA) is 17.1 Å². The van der Waals surface area contributed by atoms with E-state index in [1.165, 1.54) is 77.0 Å². The zero-order chi connectivity index (χ0) is 15.1. The van der Waals surface area contributed by atoms with E-state index in [-0.39, 0.29) is 0 Å². The van der Waals surface area contributed by atoms with Crippen LogP contribution in [0.25, 0.3) is 0 Å². The predicted octanol–water partition coefficient (Wildman–Crippen LogP) is 6.69. The Kier molecular flexibility index (Phi) is 14.8. The molecule has 0 fully saturated rings. The third-order valence-corrected chi connectivity index (χ3v) is 4.29. The number of rotatable bonds is 15. The van der Waals surface area contributed by atoms with Crippen LogP contribution in [0.2, 0.25) is 0 Å². The third kappa shape index (κ3) is 15.7. The van der Waals surface area contributed by atoms with Gasteiger partial charge in [-0.1, -0.05) is 90.9 Å². The van der Waals surface area contributed by atoms with Crippen LogP contribution in [-0.2, 0) is 4.79 Å². The first-order chi connectivity index (χ1) is 9.66. The Bertz CT molecular complexity index is 210. The molecule has 0 saturated heterocycles. The van der Waals surface area contributed by atoms with E-state index in [9.17, 15) is 4.79 Å². The van der Waals surface area contributed by atoms with Crippen molar-refractivity contribution < 1.29 is 4.79 Å². The van der Waals surface area contributed by atoms with E-state index in [1.54, 1.807) is 6.92 Å². The van der Waals surface area contributed by atoms with Gasteiger partial charge in [-0.05, 0) is 19.3 Å².